The summed E-state index contributed by atoms with van der Waals surface area (Å²) in [6.07, 6.45) is 0.931. The summed E-state index contributed by atoms with van der Waals surface area (Å²) in [6.45, 7) is 2.88. The molecule has 1 N–H and O–H groups in total. The molecule has 0 fully saturated rings. The molecule has 0 spiro atoms. The summed E-state index contributed by atoms with van der Waals surface area (Å²) in [4.78, 5) is 25.9. The number of carbonyl (C=O) groups is 2. The molecular weight excluding hydrogens is 344 g/mol. The van der Waals surface area contributed by atoms with Gasteiger partial charge in [0.05, 0.1) is 12.8 Å². The van der Waals surface area contributed by atoms with Gasteiger partial charge >= 0.3 is 0 Å². The van der Waals surface area contributed by atoms with Crippen molar-refractivity contribution in [2.75, 3.05) is 31.7 Å². The molecule has 0 aliphatic carbocycles. The smallest absolute Gasteiger partial charge is 0.265 e. The zero-order valence-corrected chi connectivity index (χ0v) is 15.7. The molecule has 0 saturated heterocycles. The highest BCUT2D eigenvalue weighted by Crippen LogP contribution is 2.31. The second-order valence-corrected chi connectivity index (χ2v) is 6.47. The molecule has 0 aromatic heterocycles. The molecule has 2 amide bonds. The van der Waals surface area contributed by atoms with Crippen molar-refractivity contribution in [1.82, 2.24) is 5.32 Å². The van der Waals surface area contributed by atoms with Gasteiger partial charge in [0.25, 0.3) is 5.91 Å². The number of aryl methyl sites for hydroxylation is 1. The maximum Gasteiger partial charge on any atom is 0.265 e. The Hall–Kier alpha value is -3.02. The molecule has 142 valence electrons. The first-order valence-corrected chi connectivity index (χ1v) is 9.01. The molecule has 6 heteroatoms. The van der Waals surface area contributed by atoms with E-state index in [0.29, 0.717) is 30.9 Å². The van der Waals surface area contributed by atoms with Crippen LogP contribution in [0.1, 0.15) is 17.5 Å². The van der Waals surface area contributed by atoms with Crippen LogP contribution in [0.25, 0.3) is 0 Å². The highest BCUT2D eigenvalue weighted by Gasteiger charge is 2.25. The van der Waals surface area contributed by atoms with Gasteiger partial charge in [-0.3, -0.25) is 9.59 Å². The summed E-state index contributed by atoms with van der Waals surface area (Å²) in [7, 11) is 1.64. The summed E-state index contributed by atoms with van der Waals surface area (Å²) in [6, 6.07) is 13.4. The molecular formula is C21H24N2O4. The third-order valence-corrected chi connectivity index (χ3v) is 4.52. The van der Waals surface area contributed by atoms with Crippen LogP contribution in [0.15, 0.2) is 42.5 Å². The van der Waals surface area contributed by atoms with Crippen LogP contribution >= 0.6 is 0 Å². The zero-order chi connectivity index (χ0) is 19.2. The predicted molar refractivity (Wildman–Crippen MR) is 103 cm³/mol. The molecule has 1 aliphatic rings. The number of nitrogens with one attached hydrogen (secondary N) is 1. The highest BCUT2D eigenvalue weighted by atomic mass is 16.5. The number of hydrogen-bond donors (Lipinski definition) is 1. The predicted octanol–water partition coefficient (Wildman–Crippen LogP) is 2.48. The van der Waals surface area contributed by atoms with Crippen LogP contribution in [0, 0.1) is 6.92 Å². The molecule has 0 unspecified atom stereocenters. The summed E-state index contributed by atoms with van der Waals surface area (Å²) >= 11 is 0. The first-order valence-electron chi connectivity index (χ1n) is 9.01. The quantitative estimate of drug-likeness (QED) is 0.815. The van der Waals surface area contributed by atoms with Crippen molar-refractivity contribution in [2.24, 2.45) is 0 Å². The minimum absolute atomic E-state index is 0.00574. The average Bonchev–Trinajstić information content (AvgIpc) is 2.67. The number of methoxy groups -OCH3 is 1. The molecule has 3 rings (SSSR count). The van der Waals surface area contributed by atoms with Crippen molar-refractivity contribution in [3.63, 3.8) is 0 Å². The fraction of sp³-hybridized carbons (Fsp3) is 0.333. The maximum atomic E-state index is 12.2. The SMILES string of the molecule is COc1ccc(C)cc1CCNC(=O)CCN1C(=O)COc2ccccc21. The van der Waals surface area contributed by atoms with Crippen LogP contribution in [-0.2, 0) is 16.0 Å². The van der Waals surface area contributed by atoms with E-state index in [1.54, 1.807) is 12.0 Å². The van der Waals surface area contributed by atoms with Gasteiger partial charge in [0, 0.05) is 19.5 Å². The fourth-order valence-corrected chi connectivity index (χ4v) is 3.14. The third-order valence-electron chi connectivity index (χ3n) is 4.52. The van der Waals surface area contributed by atoms with Gasteiger partial charge in [0.2, 0.25) is 5.91 Å². The number of anilines is 1. The van der Waals surface area contributed by atoms with Gasteiger partial charge in [-0.1, -0.05) is 29.8 Å². The summed E-state index contributed by atoms with van der Waals surface area (Å²) in [5, 5.41) is 2.92. The van der Waals surface area contributed by atoms with Crippen molar-refractivity contribution in [1.29, 1.82) is 0 Å². The topological polar surface area (TPSA) is 67.9 Å². The van der Waals surface area contributed by atoms with Gasteiger partial charge in [-0.05, 0) is 37.1 Å². The van der Waals surface area contributed by atoms with E-state index < -0.39 is 0 Å². The first kappa shape index (κ1) is 18.8. The van der Waals surface area contributed by atoms with Crippen molar-refractivity contribution in [3.05, 3.63) is 53.6 Å². The van der Waals surface area contributed by atoms with Crippen molar-refractivity contribution in [2.45, 2.75) is 19.8 Å². The second kappa shape index (κ2) is 8.58. The largest absolute Gasteiger partial charge is 0.496 e. The van der Waals surface area contributed by atoms with E-state index in [9.17, 15) is 9.59 Å². The van der Waals surface area contributed by atoms with Crippen LogP contribution in [0.4, 0.5) is 5.69 Å². The Kier molecular flexibility index (Phi) is 5.96. The molecule has 0 atom stereocenters. The number of hydrogen-bond acceptors (Lipinski definition) is 4. The van der Waals surface area contributed by atoms with Crippen LogP contribution in [0.5, 0.6) is 11.5 Å². The number of rotatable bonds is 7. The Morgan fingerprint density at radius 1 is 1.26 bits per heavy atom. The molecule has 2 aromatic rings. The van der Waals surface area contributed by atoms with E-state index >= 15 is 0 Å². The molecule has 2 aromatic carbocycles. The zero-order valence-electron chi connectivity index (χ0n) is 15.7. The summed E-state index contributed by atoms with van der Waals surface area (Å²) < 4.78 is 10.8. The minimum atomic E-state index is -0.133. The highest BCUT2D eigenvalue weighted by molar-refractivity contribution is 5.98. The Bertz CT molecular complexity index is 835. The van der Waals surface area contributed by atoms with Crippen LogP contribution in [0.3, 0.4) is 0 Å². The lowest BCUT2D eigenvalue weighted by molar-refractivity contribution is -0.122. The van der Waals surface area contributed by atoms with E-state index in [1.807, 2.05) is 43.3 Å². The van der Waals surface area contributed by atoms with E-state index in [1.165, 1.54) is 0 Å². The van der Waals surface area contributed by atoms with Crippen LogP contribution in [0.2, 0.25) is 0 Å². The van der Waals surface area contributed by atoms with Gasteiger partial charge in [0.15, 0.2) is 6.61 Å². The first-order chi connectivity index (χ1) is 13.1. The maximum absolute atomic E-state index is 12.2. The molecule has 0 radical (unpaired) electrons. The molecule has 0 bridgehead atoms. The number of fused-ring (bicyclic) bond motifs is 1. The normalized spacial score (nSPS) is 13.0. The lowest BCUT2D eigenvalue weighted by Gasteiger charge is -2.29. The number of nitrogens with zero attached hydrogens (tertiary/aromatic N) is 1. The summed E-state index contributed by atoms with van der Waals surface area (Å²) in [5.74, 6) is 1.28. The molecule has 6 nitrogen and oxygen atoms in total. The number of para-hydroxylation sites is 2. The number of benzene rings is 2. The minimum Gasteiger partial charge on any atom is -0.496 e. The lowest BCUT2D eigenvalue weighted by atomic mass is 10.1. The molecule has 27 heavy (non-hydrogen) atoms. The van der Waals surface area contributed by atoms with E-state index in [4.69, 9.17) is 9.47 Å². The lowest BCUT2D eigenvalue weighted by Crippen LogP contribution is -2.41. The monoisotopic (exact) mass is 368 g/mol. The van der Waals surface area contributed by atoms with E-state index in [-0.39, 0.29) is 24.8 Å². The van der Waals surface area contributed by atoms with Crippen molar-refractivity contribution >= 4 is 17.5 Å². The molecule has 1 aliphatic heterocycles. The van der Waals surface area contributed by atoms with E-state index in [0.717, 1.165) is 16.9 Å². The fourth-order valence-electron chi connectivity index (χ4n) is 3.14. The molecule has 1 heterocycles. The standard InChI is InChI=1S/C21H24N2O4/c1-15-7-8-18(26-2)16(13-15)9-11-22-20(24)10-12-23-17-5-3-4-6-19(17)27-14-21(23)25/h3-8,13H,9-12,14H2,1-2H3,(H,22,24). The Labute approximate surface area is 159 Å². The number of ether oxygens (including phenoxy) is 2. The van der Waals surface area contributed by atoms with Crippen LogP contribution < -0.4 is 19.7 Å². The van der Waals surface area contributed by atoms with E-state index in [2.05, 4.69) is 11.4 Å². The summed E-state index contributed by atoms with van der Waals surface area (Å²) in [5.41, 5.74) is 2.93. The average molecular weight is 368 g/mol. The van der Waals surface area contributed by atoms with Crippen LogP contribution in [-0.4, -0.2) is 38.6 Å². The van der Waals surface area contributed by atoms with Crippen molar-refractivity contribution in [3.8, 4) is 11.5 Å². The van der Waals surface area contributed by atoms with Crippen molar-refractivity contribution < 1.29 is 19.1 Å². The Balaban J connectivity index is 1.51. The van der Waals surface area contributed by atoms with Gasteiger partial charge in [-0.25, -0.2) is 0 Å². The van der Waals surface area contributed by atoms with Gasteiger partial charge in [-0.2, -0.15) is 0 Å². The number of carbonyl (C=O) groups excluding carboxylic acids is 2. The third kappa shape index (κ3) is 4.58. The Morgan fingerprint density at radius 2 is 2.07 bits per heavy atom. The number of amides is 2. The van der Waals surface area contributed by atoms with Gasteiger partial charge in [-0.15, -0.1) is 0 Å². The van der Waals surface area contributed by atoms with Gasteiger partial charge < -0.3 is 19.7 Å². The van der Waals surface area contributed by atoms with Gasteiger partial charge in [0.1, 0.15) is 11.5 Å². The second-order valence-electron chi connectivity index (χ2n) is 6.47. The molecule has 0 saturated carbocycles. The Morgan fingerprint density at radius 3 is 2.89 bits per heavy atom.